The molecule has 0 saturated heterocycles. The monoisotopic (exact) mass is 282 g/mol. The van der Waals surface area contributed by atoms with Gasteiger partial charge in [-0.25, -0.2) is 0 Å². The summed E-state index contributed by atoms with van der Waals surface area (Å²) in [5.41, 5.74) is 0.500. The van der Waals surface area contributed by atoms with Gasteiger partial charge in [0.1, 0.15) is 0 Å². The minimum Gasteiger partial charge on any atom is -0.466 e. The number of halogens is 1. The summed E-state index contributed by atoms with van der Waals surface area (Å²) in [6, 6.07) is 4.38. The molecule has 6 nitrogen and oxygen atoms in total. The number of carbonyl (C=O) groups is 1. The van der Waals surface area contributed by atoms with Gasteiger partial charge in [0.15, 0.2) is 0 Å². The predicted molar refractivity (Wildman–Crippen MR) is 67.7 cm³/mol. The number of hydrogen-bond donors (Lipinski definition) is 0. The van der Waals surface area contributed by atoms with Crippen molar-refractivity contribution in [3.63, 3.8) is 0 Å². The van der Waals surface area contributed by atoms with Gasteiger partial charge in [-0.3, -0.25) is 14.9 Å². The lowest BCUT2D eigenvalue weighted by molar-refractivity contribution is -0.385. The molecule has 0 unspecified atom stereocenters. The van der Waals surface area contributed by atoms with Crippen molar-refractivity contribution >= 4 is 23.3 Å². The highest BCUT2D eigenvalue weighted by atomic mass is 35.5. The summed E-state index contributed by atoms with van der Waals surface area (Å²) in [5.74, 6) is -0.521. The van der Waals surface area contributed by atoms with E-state index in [2.05, 4.69) is 0 Å². The summed E-state index contributed by atoms with van der Waals surface area (Å²) in [4.78, 5) is 21.7. The second-order valence-electron chi connectivity index (χ2n) is 3.62. The van der Waals surface area contributed by atoms with E-state index in [-0.39, 0.29) is 35.7 Å². The van der Waals surface area contributed by atoms with E-state index in [1.54, 1.807) is 6.92 Å². The van der Waals surface area contributed by atoms with Crippen LogP contribution in [0.25, 0.3) is 0 Å². The summed E-state index contributed by atoms with van der Waals surface area (Å²) in [5, 5.41) is 19.8. The average molecular weight is 283 g/mol. The number of benzene rings is 1. The molecule has 1 rings (SSSR count). The highest BCUT2D eigenvalue weighted by Crippen LogP contribution is 2.25. The van der Waals surface area contributed by atoms with Crippen LogP contribution in [-0.2, 0) is 21.8 Å². The fourth-order valence-corrected chi connectivity index (χ4v) is 1.80. The second kappa shape index (κ2) is 6.71. The van der Waals surface area contributed by atoms with Gasteiger partial charge in [0.05, 0.1) is 29.6 Å². The number of ether oxygens (including phenoxy) is 1. The molecule has 1 aromatic rings. The molecule has 0 bridgehead atoms. The molecule has 0 aliphatic heterocycles. The van der Waals surface area contributed by atoms with Crippen LogP contribution in [0.1, 0.15) is 23.6 Å². The Morgan fingerprint density at radius 1 is 1.53 bits per heavy atom. The number of nitriles is 1. The molecule has 0 heterocycles. The lowest BCUT2D eigenvalue weighted by atomic mass is 10.0. The van der Waals surface area contributed by atoms with E-state index in [1.807, 2.05) is 6.07 Å². The van der Waals surface area contributed by atoms with E-state index in [0.717, 1.165) is 6.07 Å². The number of hydrogen-bond acceptors (Lipinski definition) is 5. The Kier molecular flexibility index (Phi) is 5.27. The van der Waals surface area contributed by atoms with Crippen LogP contribution in [0.3, 0.4) is 0 Å². The fraction of sp³-hybridized carbons (Fsp3) is 0.333. The van der Waals surface area contributed by atoms with E-state index in [4.69, 9.17) is 21.6 Å². The number of nitrogens with zero attached hydrogens (tertiary/aromatic N) is 2. The Labute approximate surface area is 114 Å². The molecule has 19 heavy (non-hydrogen) atoms. The van der Waals surface area contributed by atoms with Gasteiger partial charge in [-0.15, -0.1) is 11.6 Å². The zero-order valence-corrected chi connectivity index (χ0v) is 10.9. The summed E-state index contributed by atoms with van der Waals surface area (Å²) >= 11 is 5.68. The number of nitro groups is 1. The van der Waals surface area contributed by atoms with Crippen molar-refractivity contribution in [1.29, 1.82) is 5.26 Å². The predicted octanol–water partition coefficient (Wildman–Crippen LogP) is 2.31. The van der Waals surface area contributed by atoms with E-state index in [9.17, 15) is 14.9 Å². The van der Waals surface area contributed by atoms with Crippen LogP contribution in [0.4, 0.5) is 5.69 Å². The number of alkyl halides is 1. The first-order valence-electron chi connectivity index (χ1n) is 5.45. The third kappa shape index (κ3) is 3.66. The van der Waals surface area contributed by atoms with Gasteiger partial charge in [0.25, 0.3) is 5.69 Å². The Morgan fingerprint density at radius 3 is 2.68 bits per heavy atom. The van der Waals surface area contributed by atoms with Gasteiger partial charge in [0, 0.05) is 17.5 Å². The zero-order chi connectivity index (χ0) is 14.4. The van der Waals surface area contributed by atoms with Gasteiger partial charge < -0.3 is 4.74 Å². The molecule has 0 aliphatic rings. The van der Waals surface area contributed by atoms with Gasteiger partial charge in [-0.05, 0) is 18.6 Å². The van der Waals surface area contributed by atoms with Crippen LogP contribution in [0.5, 0.6) is 0 Å². The molecule has 0 spiro atoms. The third-order valence-corrected chi connectivity index (χ3v) is 2.69. The van der Waals surface area contributed by atoms with Crippen LogP contribution in [0.2, 0.25) is 0 Å². The Balaban J connectivity index is 3.24. The summed E-state index contributed by atoms with van der Waals surface area (Å²) in [7, 11) is 0. The first kappa shape index (κ1) is 14.9. The minimum absolute atomic E-state index is 0.0384. The molecule has 0 N–H and O–H groups in total. The number of rotatable bonds is 5. The number of carbonyl (C=O) groups excluding carboxylic acids is 1. The van der Waals surface area contributed by atoms with Crippen LogP contribution in [0, 0.1) is 21.4 Å². The quantitative estimate of drug-likeness (QED) is 0.357. The SMILES string of the molecule is CCOC(=O)Cc1cc(CCl)c(C#N)cc1[N+](=O)[O-]. The molecule has 0 saturated carbocycles. The van der Waals surface area contributed by atoms with Crippen LogP contribution < -0.4 is 0 Å². The van der Waals surface area contributed by atoms with Crippen molar-refractivity contribution in [2.24, 2.45) is 0 Å². The lowest BCUT2D eigenvalue weighted by Gasteiger charge is -2.06. The van der Waals surface area contributed by atoms with Crippen molar-refractivity contribution in [2.75, 3.05) is 6.61 Å². The standard InChI is InChI=1S/C12H11ClN2O4/c1-2-19-12(16)5-8-3-9(6-13)10(7-14)4-11(8)15(17)18/h3-4H,2,5-6H2,1H3. The van der Waals surface area contributed by atoms with Gasteiger partial charge in [-0.2, -0.15) is 5.26 Å². The van der Waals surface area contributed by atoms with Crippen molar-refractivity contribution in [3.05, 3.63) is 38.9 Å². The van der Waals surface area contributed by atoms with Gasteiger partial charge >= 0.3 is 5.97 Å². The maximum absolute atomic E-state index is 11.4. The molecule has 1 aromatic carbocycles. The third-order valence-electron chi connectivity index (χ3n) is 2.41. The lowest BCUT2D eigenvalue weighted by Crippen LogP contribution is -2.10. The molecular formula is C12H11ClN2O4. The van der Waals surface area contributed by atoms with E-state index >= 15 is 0 Å². The molecule has 7 heteroatoms. The van der Waals surface area contributed by atoms with Crippen molar-refractivity contribution < 1.29 is 14.5 Å². The molecule has 0 aliphatic carbocycles. The zero-order valence-electron chi connectivity index (χ0n) is 10.2. The Hall–Kier alpha value is -2.13. The van der Waals surface area contributed by atoms with E-state index in [0.29, 0.717) is 5.56 Å². The van der Waals surface area contributed by atoms with Crippen molar-refractivity contribution in [1.82, 2.24) is 0 Å². The van der Waals surface area contributed by atoms with Gasteiger partial charge in [0.2, 0.25) is 0 Å². The number of nitro benzene ring substituents is 1. The molecule has 0 atom stereocenters. The minimum atomic E-state index is -0.632. The largest absolute Gasteiger partial charge is 0.466 e. The molecule has 0 aromatic heterocycles. The average Bonchev–Trinajstić information content (AvgIpc) is 2.38. The van der Waals surface area contributed by atoms with Crippen LogP contribution >= 0.6 is 11.6 Å². The van der Waals surface area contributed by atoms with Crippen molar-refractivity contribution in [2.45, 2.75) is 19.2 Å². The van der Waals surface area contributed by atoms with Gasteiger partial charge in [-0.1, -0.05) is 0 Å². The maximum Gasteiger partial charge on any atom is 0.310 e. The molecular weight excluding hydrogens is 272 g/mol. The van der Waals surface area contributed by atoms with Crippen LogP contribution in [-0.4, -0.2) is 17.5 Å². The maximum atomic E-state index is 11.4. The topological polar surface area (TPSA) is 93.2 Å². The summed E-state index contributed by atoms with van der Waals surface area (Å²) in [6.07, 6.45) is -0.222. The highest BCUT2D eigenvalue weighted by molar-refractivity contribution is 6.17. The smallest absolute Gasteiger partial charge is 0.310 e. The molecule has 0 fully saturated rings. The summed E-state index contributed by atoms with van der Waals surface area (Å²) in [6.45, 7) is 1.85. The fourth-order valence-electron chi connectivity index (χ4n) is 1.58. The van der Waals surface area contributed by atoms with Crippen LogP contribution in [0.15, 0.2) is 12.1 Å². The normalized spacial score (nSPS) is 9.74. The number of esters is 1. The Morgan fingerprint density at radius 2 is 2.21 bits per heavy atom. The first-order valence-corrected chi connectivity index (χ1v) is 5.98. The second-order valence-corrected chi connectivity index (χ2v) is 3.89. The molecule has 0 amide bonds. The van der Waals surface area contributed by atoms with E-state index < -0.39 is 10.9 Å². The first-order chi connectivity index (χ1) is 9.03. The van der Waals surface area contributed by atoms with Crippen molar-refractivity contribution in [3.8, 4) is 6.07 Å². The van der Waals surface area contributed by atoms with E-state index in [1.165, 1.54) is 6.07 Å². The highest BCUT2D eigenvalue weighted by Gasteiger charge is 2.20. The molecule has 0 radical (unpaired) electrons. The Bertz CT molecular complexity index is 551. The molecule has 100 valence electrons. The summed E-state index contributed by atoms with van der Waals surface area (Å²) < 4.78 is 4.75.